The van der Waals surface area contributed by atoms with Gasteiger partial charge in [0, 0.05) is 24.2 Å². The van der Waals surface area contributed by atoms with E-state index in [2.05, 4.69) is 24.3 Å². The number of anilines is 1. The van der Waals surface area contributed by atoms with Gasteiger partial charge >= 0.3 is 0 Å². The molecule has 0 bridgehead atoms. The SMILES string of the molecule is CCC(C)n1ccc(CNc2ccc(S(C)(=O)=O)cc2)n1. The lowest BCUT2D eigenvalue weighted by molar-refractivity contribution is 0.474. The predicted octanol–water partition coefficient (Wildman–Crippen LogP) is 2.87. The summed E-state index contributed by atoms with van der Waals surface area (Å²) in [5.41, 5.74) is 1.84. The van der Waals surface area contributed by atoms with Gasteiger partial charge in [-0.1, -0.05) is 6.92 Å². The first-order valence-corrected chi connectivity index (χ1v) is 8.87. The van der Waals surface area contributed by atoms with Gasteiger partial charge in [-0.25, -0.2) is 8.42 Å². The lowest BCUT2D eigenvalue weighted by atomic mass is 10.3. The van der Waals surface area contributed by atoms with Crippen molar-refractivity contribution >= 4 is 15.5 Å². The van der Waals surface area contributed by atoms with Crippen molar-refractivity contribution in [3.8, 4) is 0 Å². The molecule has 1 N–H and O–H groups in total. The summed E-state index contributed by atoms with van der Waals surface area (Å²) in [5.74, 6) is 0. The summed E-state index contributed by atoms with van der Waals surface area (Å²) < 4.78 is 24.7. The molecule has 0 radical (unpaired) electrons. The van der Waals surface area contributed by atoms with Gasteiger partial charge in [0.2, 0.25) is 0 Å². The Kier molecular flexibility index (Phi) is 4.67. The first kappa shape index (κ1) is 15.6. The largest absolute Gasteiger partial charge is 0.379 e. The number of hydrogen-bond donors (Lipinski definition) is 1. The summed E-state index contributed by atoms with van der Waals surface area (Å²) in [6.45, 7) is 4.88. The van der Waals surface area contributed by atoms with Crippen LogP contribution in [-0.4, -0.2) is 24.5 Å². The lowest BCUT2D eigenvalue weighted by Crippen LogP contribution is -2.06. The third-order valence-electron chi connectivity index (χ3n) is 3.46. The zero-order valence-electron chi connectivity index (χ0n) is 12.6. The molecule has 0 amide bonds. The van der Waals surface area contributed by atoms with Crippen molar-refractivity contribution in [2.45, 2.75) is 37.8 Å². The van der Waals surface area contributed by atoms with Crippen molar-refractivity contribution in [3.63, 3.8) is 0 Å². The molecule has 21 heavy (non-hydrogen) atoms. The molecule has 1 aromatic carbocycles. The van der Waals surface area contributed by atoms with Crippen LogP contribution < -0.4 is 5.32 Å². The van der Waals surface area contributed by atoms with Crippen LogP contribution >= 0.6 is 0 Å². The van der Waals surface area contributed by atoms with E-state index in [-0.39, 0.29) is 0 Å². The van der Waals surface area contributed by atoms with Crippen LogP contribution in [-0.2, 0) is 16.4 Å². The molecule has 2 aromatic rings. The smallest absolute Gasteiger partial charge is 0.175 e. The standard InChI is InChI=1S/C15H21N3O2S/c1-4-12(2)18-10-9-14(17-18)11-16-13-5-7-15(8-6-13)21(3,19)20/h5-10,12,16H,4,11H2,1-3H3. The van der Waals surface area contributed by atoms with Gasteiger partial charge in [-0.2, -0.15) is 5.10 Å². The van der Waals surface area contributed by atoms with Gasteiger partial charge in [-0.3, -0.25) is 4.68 Å². The third kappa shape index (κ3) is 4.07. The quantitative estimate of drug-likeness (QED) is 0.891. The maximum absolute atomic E-state index is 11.4. The highest BCUT2D eigenvalue weighted by atomic mass is 32.2. The summed E-state index contributed by atoms with van der Waals surface area (Å²) in [7, 11) is -3.14. The zero-order chi connectivity index (χ0) is 15.5. The number of benzene rings is 1. The van der Waals surface area contributed by atoms with Gasteiger partial charge in [0.1, 0.15) is 0 Å². The lowest BCUT2D eigenvalue weighted by Gasteiger charge is -2.08. The van der Waals surface area contributed by atoms with Crippen LogP contribution in [0.5, 0.6) is 0 Å². The second kappa shape index (κ2) is 6.30. The highest BCUT2D eigenvalue weighted by Crippen LogP contribution is 2.15. The monoisotopic (exact) mass is 307 g/mol. The third-order valence-corrected chi connectivity index (χ3v) is 4.59. The highest BCUT2D eigenvalue weighted by Gasteiger charge is 2.07. The fourth-order valence-electron chi connectivity index (χ4n) is 1.92. The van der Waals surface area contributed by atoms with Crippen LogP contribution in [0.4, 0.5) is 5.69 Å². The van der Waals surface area contributed by atoms with Gasteiger partial charge in [0.05, 0.1) is 17.1 Å². The molecule has 1 unspecified atom stereocenters. The van der Waals surface area contributed by atoms with E-state index in [9.17, 15) is 8.42 Å². The van der Waals surface area contributed by atoms with Gasteiger partial charge in [0.15, 0.2) is 9.84 Å². The number of sulfone groups is 1. The predicted molar refractivity (Wildman–Crippen MR) is 84.1 cm³/mol. The van der Waals surface area contributed by atoms with E-state index in [1.807, 2.05) is 16.9 Å². The minimum Gasteiger partial charge on any atom is -0.379 e. The Morgan fingerprint density at radius 3 is 2.48 bits per heavy atom. The molecule has 114 valence electrons. The van der Waals surface area contributed by atoms with Crippen LogP contribution in [0.2, 0.25) is 0 Å². The molecule has 1 aromatic heterocycles. The van der Waals surface area contributed by atoms with E-state index in [1.165, 1.54) is 6.26 Å². The molecule has 1 heterocycles. The molecule has 2 rings (SSSR count). The molecule has 0 aliphatic heterocycles. The number of nitrogens with zero attached hydrogens (tertiary/aromatic N) is 2. The van der Waals surface area contributed by atoms with Crippen LogP contribution in [0.25, 0.3) is 0 Å². The number of aromatic nitrogens is 2. The number of rotatable bonds is 6. The van der Waals surface area contributed by atoms with Crippen molar-refractivity contribution in [2.75, 3.05) is 11.6 Å². The first-order valence-electron chi connectivity index (χ1n) is 6.98. The number of hydrogen-bond acceptors (Lipinski definition) is 4. The molecule has 0 spiro atoms. The van der Waals surface area contributed by atoms with Crippen LogP contribution in [0, 0.1) is 0 Å². The average molecular weight is 307 g/mol. The summed E-state index contributed by atoms with van der Waals surface area (Å²) in [4.78, 5) is 0.328. The van der Waals surface area contributed by atoms with Crippen LogP contribution in [0.1, 0.15) is 32.0 Å². The Hall–Kier alpha value is -1.82. The van der Waals surface area contributed by atoms with Crippen LogP contribution in [0.15, 0.2) is 41.4 Å². The van der Waals surface area contributed by atoms with Crippen molar-refractivity contribution < 1.29 is 8.42 Å². The summed E-state index contributed by atoms with van der Waals surface area (Å²) in [6.07, 6.45) is 4.23. The molecule has 0 saturated carbocycles. The second-order valence-corrected chi connectivity index (χ2v) is 7.21. The van der Waals surface area contributed by atoms with Gasteiger partial charge in [-0.15, -0.1) is 0 Å². The second-order valence-electron chi connectivity index (χ2n) is 5.19. The zero-order valence-corrected chi connectivity index (χ0v) is 13.4. The Morgan fingerprint density at radius 2 is 1.90 bits per heavy atom. The minimum atomic E-state index is -3.14. The van der Waals surface area contributed by atoms with Gasteiger partial charge < -0.3 is 5.32 Å². The molecule has 6 heteroatoms. The maximum Gasteiger partial charge on any atom is 0.175 e. The van der Waals surface area contributed by atoms with E-state index in [0.29, 0.717) is 17.5 Å². The Balaban J connectivity index is 1.98. The molecule has 0 fully saturated rings. The molecule has 0 aliphatic rings. The van der Waals surface area contributed by atoms with E-state index in [4.69, 9.17) is 0 Å². The van der Waals surface area contributed by atoms with Crippen molar-refractivity contribution in [1.29, 1.82) is 0 Å². The molecular formula is C15H21N3O2S. The molecular weight excluding hydrogens is 286 g/mol. The fourth-order valence-corrected chi connectivity index (χ4v) is 2.55. The minimum absolute atomic E-state index is 0.328. The molecule has 5 nitrogen and oxygen atoms in total. The molecule has 1 atom stereocenters. The van der Waals surface area contributed by atoms with Gasteiger partial charge in [0.25, 0.3) is 0 Å². The van der Waals surface area contributed by atoms with E-state index >= 15 is 0 Å². The first-order chi connectivity index (χ1) is 9.90. The maximum atomic E-state index is 11.4. The topological polar surface area (TPSA) is 64.0 Å². The van der Waals surface area contributed by atoms with E-state index in [0.717, 1.165) is 17.8 Å². The average Bonchev–Trinajstić information content (AvgIpc) is 2.92. The van der Waals surface area contributed by atoms with Crippen molar-refractivity contribution in [3.05, 3.63) is 42.2 Å². The normalized spacial score (nSPS) is 13.1. The van der Waals surface area contributed by atoms with Crippen molar-refractivity contribution in [2.24, 2.45) is 0 Å². The molecule has 0 saturated heterocycles. The summed E-state index contributed by atoms with van der Waals surface area (Å²) >= 11 is 0. The summed E-state index contributed by atoms with van der Waals surface area (Å²) in [5, 5.41) is 7.75. The Morgan fingerprint density at radius 1 is 1.24 bits per heavy atom. The number of nitrogens with one attached hydrogen (secondary N) is 1. The van der Waals surface area contributed by atoms with Crippen molar-refractivity contribution in [1.82, 2.24) is 9.78 Å². The van der Waals surface area contributed by atoms with E-state index in [1.54, 1.807) is 24.3 Å². The van der Waals surface area contributed by atoms with E-state index < -0.39 is 9.84 Å². The Labute approximate surface area is 125 Å². The highest BCUT2D eigenvalue weighted by molar-refractivity contribution is 7.90. The molecule has 0 aliphatic carbocycles. The Bertz CT molecular complexity index is 690. The van der Waals surface area contributed by atoms with Gasteiger partial charge in [-0.05, 0) is 43.7 Å². The fraction of sp³-hybridized carbons (Fsp3) is 0.400. The summed E-state index contributed by atoms with van der Waals surface area (Å²) in [6, 6.07) is 9.13. The van der Waals surface area contributed by atoms with Crippen LogP contribution in [0.3, 0.4) is 0 Å².